The van der Waals surface area contributed by atoms with Gasteiger partial charge in [0.05, 0.1) is 5.60 Å². The molecule has 2 unspecified atom stereocenters. The van der Waals surface area contributed by atoms with Crippen molar-refractivity contribution < 1.29 is 5.11 Å². The highest BCUT2D eigenvalue weighted by molar-refractivity contribution is 9.10. The highest BCUT2D eigenvalue weighted by atomic mass is 79.9. The van der Waals surface area contributed by atoms with Crippen LogP contribution in [0.5, 0.6) is 0 Å². The van der Waals surface area contributed by atoms with Crippen molar-refractivity contribution in [2.45, 2.75) is 44.2 Å². The van der Waals surface area contributed by atoms with E-state index in [4.69, 9.17) is 11.6 Å². The number of likely N-dealkylation sites (tertiary alicyclic amines) is 1. The molecule has 0 bridgehead atoms. The minimum absolute atomic E-state index is 0.391. The third-order valence-electron chi connectivity index (χ3n) is 4.92. The maximum absolute atomic E-state index is 10.7. The van der Waals surface area contributed by atoms with Gasteiger partial charge in [0.25, 0.3) is 0 Å². The van der Waals surface area contributed by atoms with E-state index in [-0.39, 0.29) is 0 Å². The van der Waals surface area contributed by atoms with Gasteiger partial charge in [0, 0.05) is 35.0 Å². The number of benzene rings is 1. The number of halogens is 2. The van der Waals surface area contributed by atoms with E-state index in [9.17, 15) is 5.11 Å². The summed E-state index contributed by atoms with van der Waals surface area (Å²) in [5, 5.41) is 11.5. The Morgan fingerprint density at radius 1 is 1.35 bits per heavy atom. The molecule has 1 heterocycles. The van der Waals surface area contributed by atoms with Crippen molar-refractivity contribution in [1.29, 1.82) is 0 Å². The predicted octanol–water partition coefficient (Wildman–Crippen LogP) is 4.23. The third kappa shape index (κ3) is 3.06. The number of rotatable bonds is 2. The fourth-order valence-corrected chi connectivity index (χ4v) is 4.41. The number of piperidine rings is 1. The maximum Gasteiger partial charge on any atom is 0.0700 e. The lowest BCUT2D eigenvalue weighted by Gasteiger charge is -2.47. The lowest BCUT2D eigenvalue weighted by atomic mass is 9.71. The molecule has 1 aromatic rings. The summed E-state index contributed by atoms with van der Waals surface area (Å²) in [5.41, 5.74) is 0.786. The topological polar surface area (TPSA) is 23.5 Å². The molecule has 0 spiro atoms. The van der Waals surface area contributed by atoms with Crippen LogP contribution in [-0.4, -0.2) is 28.7 Å². The first-order chi connectivity index (χ1) is 9.57. The Labute approximate surface area is 134 Å². The molecule has 2 nitrogen and oxygen atoms in total. The Hall–Kier alpha value is -0.0900. The van der Waals surface area contributed by atoms with Gasteiger partial charge >= 0.3 is 0 Å². The zero-order valence-electron chi connectivity index (χ0n) is 11.6. The zero-order valence-corrected chi connectivity index (χ0v) is 14.0. The van der Waals surface area contributed by atoms with Gasteiger partial charge in [-0.1, -0.05) is 46.4 Å². The van der Waals surface area contributed by atoms with Gasteiger partial charge in [-0.25, -0.2) is 0 Å². The van der Waals surface area contributed by atoms with Gasteiger partial charge in [-0.05, 0) is 37.0 Å². The highest BCUT2D eigenvalue weighted by Crippen LogP contribution is 2.40. The Bertz CT molecular complexity index is 495. The summed E-state index contributed by atoms with van der Waals surface area (Å²) in [5.74, 6) is 0.444. The van der Waals surface area contributed by atoms with Crippen molar-refractivity contribution in [1.82, 2.24) is 4.90 Å². The summed E-state index contributed by atoms with van der Waals surface area (Å²) in [6.45, 7) is 2.86. The van der Waals surface area contributed by atoms with E-state index in [2.05, 4.69) is 26.9 Å². The van der Waals surface area contributed by atoms with Crippen LogP contribution in [0.4, 0.5) is 0 Å². The van der Waals surface area contributed by atoms with E-state index in [1.807, 2.05) is 12.1 Å². The SMILES string of the molecule is OC12CCCCC1CN(Cc1ccc(Br)cc1Cl)CC2. The predicted molar refractivity (Wildman–Crippen MR) is 86.0 cm³/mol. The summed E-state index contributed by atoms with van der Waals surface area (Å²) in [7, 11) is 0. The van der Waals surface area contributed by atoms with E-state index in [0.29, 0.717) is 5.92 Å². The number of nitrogens with zero attached hydrogens (tertiary/aromatic N) is 1. The molecule has 20 heavy (non-hydrogen) atoms. The molecule has 3 rings (SSSR count). The van der Waals surface area contributed by atoms with Crippen LogP contribution in [0.15, 0.2) is 22.7 Å². The van der Waals surface area contributed by atoms with Crippen LogP contribution in [0.3, 0.4) is 0 Å². The standard InChI is InChI=1S/C16H21BrClNO/c17-14-5-4-12(15(18)9-14)10-19-8-7-16(20)6-2-1-3-13(16)11-19/h4-5,9,13,20H,1-3,6-8,10-11H2. The van der Waals surface area contributed by atoms with Crippen molar-refractivity contribution in [2.75, 3.05) is 13.1 Å². The number of hydrogen-bond acceptors (Lipinski definition) is 2. The number of aliphatic hydroxyl groups is 1. The molecule has 1 saturated heterocycles. The largest absolute Gasteiger partial charge is 0.390 e. The molecule has 1 aliphatic heterocycles. The van der Waals surface area contributed by atoms with Crippen LogP contribution >= 0.6 is 27.5 Å². The second-order valence-electron chi connectivity index (χ2n) is 6.27. The van der Waals surface area contributed by atoms with Crippen LogP contribution in [0, 0.1) is 5.92 Å². The van der Waals surface area contributed by atoms with Crippen LogP contribution in [0.25, 0.3) is 0 Å². The second kappa shape index (κ2) is 5.96. The zero-order chi connectivity index (χ0) is 14.2. The van der Waals surface area contributed by atoms with Gasteiger partial charge in [-0.15, -0.1) is 0 Å². The van der Waals surface area contributed by atoms with Gasteiger partial charge in [0.15, 0.2) is 0 Å². The van der Waals surface area contributed by atoms with Gasteiger partial charge < -0.3 is 5.11 Å². The van der Waals surface area contributed by atoms with E-state index in [1.165, 1.54) is 24.8 Å². The molecule has 1 saturated carbocycles. The fraction of sp³-hybridized carbons (Fsp3) is 0.625. The van der Waals surface area contributed by atoms with Crippen LogP contribution in [-0.2, 0) is 6.54 Å². The van der Waals surface area contributed by atoms with E-state index < -0.39 is 5.60 Å². The molecule has 2 fully saturated rings. The van der Waals surface area contributed by atoms with Crippen LogP contribution in [0.1, 0.15) is 37.7 Å². The maximum atomic E-state index is 10.7. The number of fused-ring (bicyclic) bond motifs is 1. The summed E-state index contributed by atoms with van der Waals surface area (Å²) >= 11 is 9.75. The quantitative estimate of drug-likeness (QED) is 0.855. The first kappa shape index (κ1) is 14.8. The average molecular weight is 359 g/mol. The molecule has 110 valence electrons. The Morgan fingerprint density at radius 3 is 3.00 bits per heavy atom. The molecule has 0 amide bonds. The Balaban J connectivity index is 1.67. The van der Waals surface area contributed by atoms with Crippen molar-refractivity contribution >= 4 is 27.5 Å². The Kier molecular flexibility index (Phi) is 4.42. The van der Waals surface area contributed by atoms with E-state index in [0.717, 1.165) is 42.0 Å². The molecule has 1 aliphatic carbocycles. The minimum Gasteiger partial charge on any atom is -0.390 e. The normalized spacial score (nSPS) is 31.1. The first-order valence-corrected chi connectivity index (χ1v) is 8.63. The van der Waals surface area contributed by atoms with Gasteiger partial charge in [0.2, 0.25) is 0 Å². The van der Waals surface area contributed by atoms with Gasteiger partial charge in [0.1, 0.15) is 0 Å². The van der Waals surface area contributed by atoms with Crippen molar-refractivity contribution in [3.8, 4) is 0 Å². The monoisotopic (exact) mass is 357 g/mol. The molecule has 0 radical (unpaired) electrons. The first-order valence-electron chi connectivity index (χ1n) is 7.45. The van der Waals surface area contributed by atoms with Crippen LogP contribution in [0.2, 0.25) is 5.02 Å². The van der Waals surface area contributed by atoms with E-state index in [1.54, 1.807) is 0 Å². The molecule has 0 aromatic heterocycles. The smallest absolute Gasteiger partial charge is 0.0700 e. The summed E-state index contributed by atoms with van der Waals surface area (Å²) < 4.78 is 1.02. The third-order valence-corrected chi connectivity index (χ3v) is 5.77. The molecule has 2 aliphatic rings. The lowest BCUT2D eigenvalue weighted by molar-refractivity contribution is -0.0967. The molecular formula is C16H21BrClNO. The van der Waals surface area contributed by atoms with Crippen LogP contribution < -0.4 is 0 Å². The average Bonchev–Trinajstić information content (AvgIpc) is 2.42. The summed E-state index contributed by atoms with van der Waals surface area (Å²) in [6.07, 6.45) is 5.52. The number of hydrogen-bond donors (Lipinski definition) is 1. The van der Waals surface area contributed by atoms with E-state index >= 15 is 0 Å². The van der Waals surface area contributed by atoms with Crippen molar-refractivity contribution in [3.63, 3.8) is 0 Å². The second-order valence-corrected chi connectivity index (χ2v) is 7.59. The Morgan fingerprint density at radius 2 is 2.20 bits per heavy atom. The molecule has 2 atom stereocenters. The molecule has 1 N–H and O–H groups in total. The van der Waals surface area contributed by atoms with Crippen molar-refractivity contribution in [3.05, 3.63) is 33.3 Å². The highest BCUT2D eigenvalue weighted by Gasteiger charge is 2.42. The molecule has 1 aromatic carbocycles. The lowest BCUT2D eigenvalue weighted by Crippen LogP contribution is -2.52. The van der Waals surface area contributed by atoms with Gasteiger partial charge in [-0.2, -0.15) is 0 Å². The molecule has 4 heteroatoms. The van der Waals surface area contributed by atoms with Crippen molar-refractivity contribution in [2.24, 2.45) is 5.92 Å². The van der Waals surface area contributed by atoms with Gasteiger partial charge in [-0.3, -0.25) is 4.90 Å². The summed E-state index contributed by atoms with van der Waals surface area (Å²) in [6, 6.07) is 6.09. The summed E-state index contributed by atoms with van der Waals surface area (Å²) in [4.78, 5) is 2.44. The fourth-order valence-electron chi connectivity index (χ4n) is 3.67. The minimum atomic E-state index is -0.391. The molecular weight excluding hydrogens is 338 g/mol.